The third-order valence-electron chi connectivity index (χ3n) is 2.99. The number of aromatic nitrogens is 1. The fourth-order valence-electron chi connectivity index (χ4n) is 1.79. The molecule has 0 aliphatic heterocycles. The quantitative estimate of drug-likeness (QED) is 0.737. The first-order valence-corrected chi connectivity index (χ1v) is 6.90. The Labute approximate surface area is 139 Å². The van der Waals surface area contributed by atoms with Crippen LogP contribution >= 0.6 is 12.4 Å². The maximum absolute atomic E-state index is 12.3. The van der Waals surface area contributed by atoms with Crippen LogP contribution in [0.15, 0.2) is 18.3 Å². The molecular weight excluding hydrogens is 335 g/mol. The van der Waals surface area contributed by atoms with E-state index in [9.17, 15) is 18.0 Å². The molecule has 0 spiro atoms. The van der Waals surface area contributed by atoms with Gasteiger partial charge in [0.25, 0.3) is 0 Å². The lowest BCUT2D eigenvalue weighted by Crippen LogP contribution is -2.52. The van der Waals surface area contributed by atoms with E-state index < -0.39 is 17.3 Å². The maximum atomic E-state index is 12.3. The van der Waals surface area contributed by atoms with E-state index in [1.807, 2.05) is 6.92 Å². The van der Waals surface area contributed by atoms with E-state index in [1.54, 1.807) is 6.92 Å². The van der Waals surface area contributed by atoms with Gasteiger partial charge in [0.15, 0.2) is 0 Å². The molecule has 0 saturated carbocycles. The minimum atomic E-state index is -4.43. The molecule has 0 aliphatic rings. The number of nitrogens with one attached hydrogen (secondary N) is 1. The monoisotopic (exact) mass is 355 g/mol. The number of pyridine rings is 1. The van der Waals surface area contributed by atoms with E-state index in [-0.39, 0.29) is 37.3 Å². The third-order valence-corrected chi connectivity index (χ3v) is 2.99. The average Bonchev–Trinajstić information content (AvgIpc) is 2.42. The number of carbonyl (C=O) groups excluding carboxylic acids is 1. The van der Waals surface area contributed by atoms with Gasteiger partial charge in [-0.25, -0.2) is 4.98 Å². The number of hydrogen-bond donors (Lipinski definition) is 2. The van der Waals surface area contributed by atoms with Crippen molar-refractivity contribution in [2.45, 2.75) is 38.4 Å². The van der Waals surface area contributed by atoms with E-state index in [4.69, 9.17) is 10.5 Å². The molecule has 23 heavy (non-hydrogen) atoms. The second-order valence-electron chi connectivity index (χ2n) is 5.15. The number of alkyl halides is 3. The molecule has 1 unspecified atom stereocenters. The van der Waals surface area contributed by atoms with Crippen LogP contribution in [0.3, 0.4) is 0 Å². The molecule has 1 heterocycles. The Bertz CT molecular complexity index is 493. The van der Waals surface area contributed by atoms with E-state index in [2.05, 4.69) is 10.3 Å². The molecule has 0 radical (unpaired) electrons. The number of ether oxygens (including phenoxy) is 1. The zero-order valence-corrected chi connectivity index (χ0v) is 13.8. The second kappa shape index (κ2) is 8.93. The number of nitrogens with two attached hydrogens (primary N) is 1. The summed E-state index contributed by atoms with van der Waals surface area (Å²) < 4.78 is 42.2. The largest absolute Gasteiger partial charge is 0.476 e. The lowest BCUT2D eigenvalue weighted by Gasteiger charge is -2.22. The molecule has 1 aromatic rings. The first-order valence-electron chi connectivity index (χ1n) is 6.90. The lowest BCUT2D eigenvalue weighted by atomic mass is 9.97. The highest BCUT2D eigenvalue weighted by Crippen LogP contribution is 2.29. The number of rotatable bonds is 7. The molecular formula is C14H21ClF3N3O2. The van der Waals surface area contributed by atoms with Crippen molar-refractivity contribution in [1.82, 2.24) is 10.3 Å². The van der Waals surface area contributed by atoms with Gasteiger partial charge in [0.05, 0.1) is 17.6 Å². The zero-order valence-electron chi connectivity index (χ0n) is 12.9. The molecule has 0 fully saturated rings. The summed E-state index contributed by atoms with van der Waals surface area (Å²) in [5, 5.41) is 2.62. The Morgan fingerprint density at radius 3 is 2.52 bits per heavy atom. The number of nitrogens with zero attached hydrogens (tertiary/aromatic N) is 1. The molecule has 0 bridgehead atoms. The third kappa shape index (κ3) is 7.04. The van der Waals surface area contributed by atoms with Gasteiger partial charge in [-0.05, 0) is 19.4 Å². The van der Waals surface area contributed by atoms with E-state index >= 15 is 0 Å². The second-order valence-corrected chi connectivity index (χ2v) is 5.15. The van der Waals surface area contributed by atoms with Gasteiger partial charge in [0, 0.05) is 12.3 Å². The molecule has 3 N–H and O–H groups in total. The maximum Gasteiger partial charge on any atom is 0.417 e. The topological polar surface area (TPSA) is 77.2 Å². The van der Waals surface area contributed by atoms with Crippen LogP contribution in [-0.4, -0.2) is 29.6 Å². The van der Waals surface area contributed by atoms with Crippen molar-refractivity contribution in [1.29, 1.82) is 0 Å². The van der Waals surface area contributed by atoms with Gasteiger partial charge in [-0.2, -0.15) is 13.2 Å². The summed E-state index contributed by atoms with van der Waals surface area (Å²) in [6.07, 6.45) is -2.39. The van der Waals surface area contributed by atoms with Crippen LogP contribution in [0.1, 0.15) is 32.3 Å². The molecule has 0 aliphatic carbocycles. The van der Waals surface area contributed by atoms with Crippen molar-refractivity contribution in [2.24, 2.45) is 5.73 Å². The van der Waals surface area contributed by atoms with Crippen molar-refractivity contribution >= 4 is 18.3 Å². The number of carbonyl (C=O) groups is 1. The van der Waals surface area contributed by atoms with Gasteiger partial charge in [-0.1, -0.05) is 13.3 Å². The van der Waals surface area contributed by atoms with Gasteiger partial charge < -0.3 is 15.8 Å². The average molecular weight is 356 g/mol. The molecule has 1 rings (SSSR count). The van der Waals surface area contributed by atoms with Crippen LogP contribution in [0.4, 0.5) is 13.2 Å². The predicted octanol–water partition coefficient (Wildman–Crippen LogP) is 2.53. The summed E-state index contributed by atoms with van der Waals surface area (Å²) >= 11 is 0. The Hall–Kier alpha value is -1.54. The highest BCUT2D eigenvalue weighted by molar-refractivity contribution is 5.85. The van der Waals surface area contributed by atoms with Crippen LogP contribution in [0.5, 0.6) is 5.88 Å². The van der Waals surface area contributed by atoms with Crippen molar-refractivity contribution in [2.75, 3.05) is 13.2 Å². The van der Waals surface area contributed by atoms with Crippen LogP contribution in [-0.2, 0) is 11.0 Å². The van der Waals surface area contributed by atoms with Gasteiger partial charge in [0.2, 0.25) is 11.8 Å². The summed E-state index contributed by atoms with van der Waals surface area (Å²) in [5.74, 6) is -0.232. The summed E-state index contributed by atoms with van der Waals surface area (Å²) in [7, 11) is 0. The molecule has 5 nitrogen and oxygen atoms in total. The Balaban J connectivity index is 0.00000484. The van der Waals surface area contributed by atoms with Crippen LogP contribution in [0, 0.1) is 0 Å². The van der Waals surface area contributed by atoms with Gasteiger partial charge in [0.1, 0.15) is 6.61 Å². The molecule has 1 atom stereocenters. The first-order chi connectivity index (χ1) is 10.2. The minimum Gasteiger partial charge on any atom is -0.476 e. The predicted molar refractivity (Wildman–Crippen MR) is 82.5 cm³/mol. The Kier molecular flexibility index (Phi) is 8.33. The van der Waals surface area contributed by atoms with Crippen molar-refractivity contribution in [3.8, 4) is 5.88 Å². The number of hydrogen-bond acceptors (Lipinski definition) is 4. The molecule has 1 aromatic heterocycles. The van der Waals surface area contributed by atoms with Crippen LogP contribution in [0.2, 0.25) is 0 Å². The van der Waals surface area contributed by atoms with Crippen molar-refractivity contribution < 1.29 is 22.7 Å². The van der Waals surface area contributed by atoms with Crippen LogP contribution in [0.25, 0.3) is 0 Å². The molecule has 0 saturated heterocycles. The van der Waals surface area contributed by atoms with E-state index in [1.165, 1.54) is 0 Å². The van der Waals surface area contributed by atoms with E-state index in [0.717, 1.165) is 18.6 Å². The van der Waals surface area contributed by atoms with E-state index in [0.29, 0.717) is 12.6 Å². The molecule has 0 aromatic carbocycles. The standard InChI is InChI=1S/C14H20F3N3O2.ClH/c1-3-6-13(2,18)12(21)19-7-8-22-11-5-4-10(9-20-11)14(15,16)17;/h4-5,9H,3,6-8,18H2,1-2H3,(H,19,21);1H. The highest BCUT2D eigenvalue weighted by Gasteiger charge is 2.30. The Morgan fingerprint density at radius 1 is 1.39 bits per heavy atom. The molecule has 9 heteroatoms. The fraction of sp³-hybridized carbons (Fsp3) is 0.571. The smallest absolute Gasteiger partial charge is 0.417 e. The Morgan fingerprint density at radius 2 is 2.04 bits per heavy atom. The minimum absolute atomic E-state index is 0. The summed E-state index contributed by atoms with van der Waals surface area (Å²) in [4.78, 5) is 15.3. The normalized spacial score (nSPS) is 13.7. The first kappa shape index (κ1) is 21.5. The van der Waals surface area contributed by atoms with Gasteiger partial charge in [-0.3, -0.25) is 4.79 Å². The summed E-state index contributed by atoms with van der Waals surface area (Å²) in [5.41, 5.74) is 4.07. The van der Waals surface area contributed by atoms with Crippen molar-refractivity contribution in [3.63, 3.8) is 0 Å². The van der Waals surface area contributed by atoms with Gasteiger partial charge in [-0.15, -0.1) is 12.4 Å². The molecule has 132 valence electrons. The van der Waals surface area contributed by atoms with Crippen LogP contribution < -0.4 is 15.8 Å². The fourth-order valence-corrected chi connectivity index (χ4v) is 1.79. The highest BCUT2D eigenvalue weighted by atomic mass is 35.5. The SMILES string of the molecule is CCCC(C)(N)C(=O)NCCOc1ccc(C(F)(F)F)cn1.Cl. The lowest BCUT2D eigenvalue weighted by molar-refractivity contribution is -0.137. The number of amides is 1. The van der Waals surface area contributed by atoms with Crippen molar-refractivity contribution in [3.05, 3.63) is 23.9 Å². The summed E-state index contributed by atoms with van der Waals surface area (Å²) in [6, 6.07) is 2.02. The number of halogens is 4. The zero-order chi connectivity index (χ0) is 16.8. The molecule has 1 amide bonds. The van der Waals surface area contributed by atoms with Gasteiger partial charge >= 0.3 is 6.18 Å². The summed E-state index contributed by atoms with van der Waals surface area (Å²) in [6.45, 7) is 3.85.